The van der Waals surface area contributed by atoms with Gasteiger partial charge in [0.2, 0.25) is 0 Å². The number of amides is 1. The highest BCUT2D eigenvalue weighted by Crippen LogP contribution is 2.45. The largest absolute Gasteiger partial charge is 0.507 e. The minimum Gasteiger partial charge on any atom is -0.507 e. The molecule has 186 valence electrons. The SMILES string of the molecule is COc1cccc([C@H]2/C(=C(\O)c3ccc4c(c3)C[C@@H](C)O4)C(=O)C(=O)N2c2nc3ccc(C)cc3s2)c1. The highest BCUT2D eigenvalue weighted by atomic mass is 32.1. The van der Waals surface area contributed by atoms with Gasteiger partial charge in [-0.1, -0.05) is 29.5 Å². The molecule has 0 bridgehead atoms. The van der Waals surface area contributed by atoms with Crippen LogP contribution in [0, 0.1) is 6.92 Å². The number of hydrogen-bond acceptors (Lipinski definition) is 7. The molecule has 0 spiro atoms. The number of carbonyl (C=O) groups excluding carboxylic acids is 2. The highest BCUT2D eigenvalue weighted by Gasteiger charge is 2.48. The van der Waals surface area contributed by atoms with Crippen LogP contribution in [0.4, 0.5) is 5.13 Å². The van der Waals surface area contributed by atoms with E-state index in [0.717, 1.165) is 27.1 Å². The van der Waals surface area contributed by atoms with Crippen LogP contribution in [-0.2, 0) is 16.0 Å². The molecule has 2 atom stereocenters. The summed E-state index contributed by atoms with van der Waals surface area (Å²) < 4.78 is 12.1. The summed E-state index contributed by atoms with van der Waals surface area (Å²) in [4.78, 5) is 33.1. The number of aromatic nitrogens is 1. The van der Waals surface area contributed by atoms with Crippen molar-refractivity contribution in [1.82, 2.24) is 4.98 Å². The summed E-state index contributed by atoms with van der Waals surface area (Å²) in [5.74, 6) is -0.382. The zero-order valence-corrected chi connectivity index (χ0v) is 21.3. The molecule has 0 radical (unpaired) electrons. The van der Waals surface area contributed by atoms with E-state index in [1.54, 1.807) is 37.4 Å². The van der Waals surface area contributed by atoms with Crippen LogP contribution in [0.2, 0.25) is 0 Å². The number of thiazole rings is 1. The highest BCUT2D eigenvalue weighted by molar-refractivity contribution is 7.22. The number of Topliss-reactive ketones (excluding diaryl/α,β-unsaturated/α-hetero) is 1. The van der Waals surface area contributed by atoms with E-state index in [1.807, 2.05) is 44.2 Å². The molecule has 1 fully saturated rings. The molecule has 3 aromatic carbocycles. The second-order valence-electron chi connectivity index (χ2n) is 9.37. The number of benzene rings is 3. The number of rotatable bonds is 4. The van der Waals surface area contributed by atoms with Gasteiger partial charge >= 0.3 is 5.91 Å². The first-order valence-electron chi connectivity index (χ1n) is 12.0. The van der Waals surface area contributed by atoms with Crippen molar-refractivity contribution in [3.63, 3.8) is 0 Å². The van der Waals surface area contributed by atoms with Crippen LogP contribution in [0.25, 0.3) is 16.0 Å². The molecule has 1 N–H and O–H groups in total. The summed E-state index contributed by atoms with van der Waals surface area (Å²) >= 11 is 1.34. The number of methoxy groups -OCH3 is 1. The summed E-state index contributed by atoms with van der Waals surface area (Å²) in [6.07, 6.45) is 0.743. The number of nitrogens with zero attached hydrogens (tertiary/aromatic N) is 2. The molecule has 1 aromatic heterocycles. The Labute approximate surface area is 217 Å². The Morgan fingerprint density at radius 1 is 1.14 bits per heavy atom. The maximum Gasteiger partial charge on any atom is 0.301 e. The number of fused-ring (bicyclic) bond motifs is 2. The topological polar surface area (TPSA) is 89.0 Å². The van der Waals surface area contributed by atoms with Crippen LogP contribution in [0.1, 0.15) is 35.2 Å². The van der Waals surface area contributed by atoms with Gasteiger partial charge in [0.25, 0.3) is 5.78 Å². The van der Waals surface area contributed by atoms with Gasteiger partial charge in [0.15, 0.2) is 5.13 Å². The predicted octanol–water partition coefficient (Wildman–Crippen LogP) is 5.56. The van der Waals surface area contributed by atoms with Crippen LogP contribution in [0.15, 0.2) is 66.2 Å². The van der Waals surface area contributed by atoms with Gasteiger partial charge in [-0.25, -0.2) is 4.98 Å². The fraction of sp³-hybridized carbons (Fsp3) is 0.207. The van der Waals surface area contributed by atoms with Gasteiger partial charge in [-0.05, 0) is 73.0 Å². The Kier molecular flexibility index (Phi) is 5.49. The Bertz CT molecular complexity index is 1620. The van der Waals surface area contributed by atoms with Crippen molar-refractivity contribution in [1.29, 1.82) is 0 Å². The molecule has 1 amide bonds. The number of aliphatic hydroxyl groups excluding tert-OH is 1. The maximum atomic E-state index is 13.5. The molecule has 2 aliphatic rings. The lowest BCUT2D eigenvalue weighted by atomic mass is 9.94. The van der Waals surface area contributed by atoms with E-state index in [9.17, 15) is 14.7 Å². The lowest BCUT2D eigenvalue weighted by molar-refractivity contribution is -0.132. The van der Waals surface area contributed by atoms with Gasteiger partial charge in [0.05, 0.1) is 28.9 Å². The number of hydrogen-bond donors (Lipinski definition) is 1. The van der Waals surface area contributed by atoms with E-state index in [1.165, 1.54) is 16.2 Å². The van der Waals surface area contributed by atoms with E-state index in [-0.39, 0.29) is 17.4 Å². The molecule has 4 aromatic rings. The fourth-order valence-corrected chi connectivity index (χ4v) is 6.09. The summed E-state index contributed by atoms with van der Waals surface area (Å²) in [6, 6.07) is 17.5. The number of ether oxygens (including phenoxy) is 2. The van der Waals surface area contributed by atoms with Crippen molar-refractivity contribution in [2.75, 3.05) is 12.0 Å². The molecular weight excluding hydrogens is 488 g/mol. The second kappa shape index (κ2) is 8.74. The standard InChI is InChI=1S/C29H24N2O5S/c1-15-7-9-21-23(11-15)37-29(30-21)31-25(17-5-4-6-20(14-17)35-3)24(27(33)28(31)34)26(32)18-8-10-22-19(13-18)12-16(2)36-22/h4-11,13-14,16,25,32H,12H2,1-3H3/b26-24+/t16-,25+/m1/s1. The number of carbonyl (C=O) groups is 2. The minimum absolute atomic E-state index is 0.0144. The zero-order valence-electron chi connectivity index (χ0n) is 20.5. The molecule has 0 saturated carbocycles. The van der Waals surface area contributed by atoms with Gasteiger partial charge in [-0.3, -0.25) is 14.5 Å². The molecule has 0 unspecified atom stereocenters. The summed E-state index contributed by atoms with van der Waals surface area (Å²) in [5, 5.41) is 11.9. The Morgan fingerprint density at radius 2 is 1.97 bits per heavy atom. The third-order valence-corrected chi connectivity index (χ3v) is 7.78. The summed E-state index contributed by atoms with van der Waals surface area (Å²) in [5.41, 5.74) is 3.87. The van der Waals surface area contributed by atoms with Gasteiger partial charge < -0.3 is 14.6 Å². The van der Waals surface area contributed by atoms with E-state index < -0.39 is 17.7 Å². The maximum absolute atomic E-state index is 13.5. The minimum atomic E-state index is -0.875. The lowest BCUT2D eigenvalue weighted by Crippen LogP contribution is -2.29. The first-order valence-corrected chi connectivity index (χ1v) is 12.8. The van der Waals surface area contributed by atoms with Crippen LogP contribution in [-0.4, -0.2) is 35.0 Å². The van der Waals surface area contributed by atoms with Crippen LogP contribution in [0.3, 0.4) is 0 Å². The van der Waals surface area contributed by atoms with E-state index in [0.29, 0.717) is 28.4 Å². The smallest absolute Gasteiger partial charge is 0.301 e. The number of aliphatic hydroxyl groups is 1. The Morgan fingerprint density at radius 3 is 2.78 bits per heavy atom. The third-order valence-electron chi connectivity index (χ3n) is 6.76. The van der Waals surface area contributed by atoms with Crippen LogP contribution in [0.5, 0.6) is 11.5 Å². The van der Waals surface area contributed by atoms with Crippen molar-refractivity contribution in [3.05, 3.63) is 88.5 Å². The summed E-state index contributed by atoms with van der Waals surface area (Å²) in [6.45, 7) is 3.97. The van der Waals surface area contributed by atoms with Gasteiger partial charge in [-0.15, -0.1) is 0 Å². The van der Waals surface area contributed by atoms with Gasteiger partial charge in [0.1, 0.15) is 23.4 Å². The van der Waals surface area contributed by atoms with Crippen LogP contribution >= 0.6 is 11.3 Å². The van der Waals surface area contributed by atoms with E-state index >= 15 is 0 Å². The average molecular weight is 513 g/mol. The molecule has 6 rings (SSSR count). The Balaban J connectivity index is 1.54. The molecule has 37 heavy (non-hydrogen) atoms. The molecule has 2 aliphatic heterocycles. The van der Waals surface area contributed by atoms with E-state index in [2.05, 4.69) is 4.98 Å². The normalized spacial score (nSPS) is 20.4. The monoisotopic (exact) mass is 512 g/mol. The van der Waals surface area contributed by atoms with Gasteiger partial charge in [-0.2, -0.15) is 0 Å². The molecule has 3 heterocycles. The van der Waals surface area contributed by atoms with E-state index in [4.69, 9.17) is 9.47 Å². The number of ketones is 1. The molecular formula is C29H24N2O5S. The van der Waals surface area contributed by atoms with Crippen LogP contribution < -0.4 is 14.4 Å². The molecule has 1 saturated heterocycles. The fourth-order valence-electron chi connectivity index (χ4n) is 5.00. The molecule has 8 heteroatoms. The van der Waals surface area contributed by atoms with Crippen molar-refractivity contribution in [2.24, 2.45) is 0 Å². The first-order chi connectivity index (χ1) is 17.8. The van der Waals surface area contributed by atoms with Gasteiger partial charge in [0, 0.05) is 12.0 Å². The quantitative estimate of drug-likeness (QED) is 0.219. The van der Waals surface area contributed by atoms with Crippen molar-refractivity contribution in [3.8, 4) is 11.5 Å². The third kappa shape index (κ3) is 3.84. The first kappa shape index (κ1) is 23.2. The van der Waals surface area contributed by atoms with Crippen molar-refractivity contribution >= 4 is 44.1 Å². The van der Waals surface area contributed by atoms with Crippen molar-refractivity contribution < 1.29 is 24.2 Å². The Hall–Kier alpha value is -4.17. The van der Waals surface area contributed by atoms with Crippen molar-refractivity contribution in [2.45, 2.75) is 32.4 Å². The number of anilines is 1. The molecule has 7 nitrogen and oxygen atoms in total. The lowest BCUT2D eigenvalue weighted by Gasteiger charge is -2.23. The predicted molar refractivity (Wildman–Crippen MR) is 142 cm³/mol. The number of aryl methyl sites for hydroxylation is 1. The zero-order chi connectivity index (χ0) is 25.8. The average Bonchev–Trinajstić information content (AvgIpc) is 3.55. The molecule has 0 aliphatic carbocycles. The second-order valence-corrected chi connectivity index (χ2v) is 10.4. The summed E-state index contributed by atoms with van der Waals surface area (Å²) in [7, 11) is 1.56.